The molecule has 0 heterocycles. The summed E-state index contributed by atoms with van der Waals surface area (Å²) in [4.78, 5) is 38.0. The predicted molar refractivity (Wildman–Crippen MR) is 274 cm³/mol. The van der Waals surface area contributed by atoms with Crippen molar-refractivity contribution in [3.8, 4) is 0 Å². The zero-order valence-corrected chi connectivity index (χ0v) is 41.8. The molecule has 0 aromatic rings. The van der Waals surface area contributed by atoms with Gasteiger partial charge in [-0.15, -0.1) is 0 Å². The Labute approximate surface area is 395 Å². The third-order valence-corrected chi connectivity index (χ3v) is 11.1. The molecule has 0 spiro atoms. The van der Waals surface area contributed by atoms with Crippen molar-refractivity contribution in [3.05, 3.63) is 85.1 Å². The average molecular weight is 891 g/mol. The SMILES string of the molecule is CC/C=C\C/C=C\C/C=C\C/C=C\CCCCCCCCC(=O)OCC(COC(=O)CCCCCCC/C=C\CCCCC)OC(=O)CCCCCCCC/C=C\C=C/CCCCC. The number of hydrogen-bond donors (Lipinski definition) is 0. The molecule has 0 fully saturated rings. The highest BCUT2D eigenvalue weighted by Gasteiger charge is 2.19. The summed E-state index contributed by atoms with van der Waals surface area (Å²) in [5, 5.41) is 0. The van der Waals surface area contributed by atoms with E-state index >= 15 is 0 Å². The molecule has 0 amide bonds. The Hall–Kier alpha value is -3.41. The van der Waals surface area contributed by atoms with Crippen LogP contribution < -0.4 is 0 Å². The molecule has 0 aromatic heterocycles. The highest BCUT2D eigenvalue weighted by molar-refractivity contribution is 5.71. The number of esters is 3. The molecule has 1 atom stereocenters. The molecule has 0 aliphatic carbocycles. The lowest BCUT2D eigenvalue weighted by molar-refractivity contribution is -0.167. The number of ether oxygens (including phenoxy) is 3. The minimum Gasteiger partial charge on any atom is -0.462 e. The number of carbonyl (C=O) groups excluding carboxylic acids is 3. The summed E-state index contributed by atoms with van der Waals surface area (Å²) in [5.41, 5.74) is 0. The van der Waals surface area contributed by atoms with Crippen molar-refractivity contribution in [1.29, 1.82) is 0 Å². The van der Waals surface area contributed by atoms with Crippen molar-refractivity contribution in [2.45, 2.75) is 252 Å². The summed E-state index contributed by atoms with van der Waals surface area (Å²) in [7, 11) is 0. The van der Waals surface area contributed by atoms with Gasteiger partial charge in [-0.1, -0.05) is 202 Å². The Morgan fingerprint density at radius 3 is 1.06 bits per heavy atom. The van der Waals surface area contributed by atoms with Gasteiger partial charge < -0.3 is 14.2 Å². The van der Waals surface area contributed by atoms with Crippen molar-refractivity contribution in [2.75, 3.05) is 13.2 Å². The molecule has 0 rings (SSSR count). The molecular formula is C58H98O6. The zero-order chi connectivity index (χ0) is 46.5. The van der Waals surface area contributed by atoms with Gasteiger partial charge in [0.2, 0.25) is 0 Å². The Morgan fingerprint density at radius 1 is 0.344 bits per heavy atom. The third-order valence-electron chi connectivity index (χ3n) is 11.1. The van der Waals surface area contributed by atoms with E-state index in [1.807, 2.05) is 0 Å². The fourth-order valence-corrected chi connectivity index (χ4v) is 7.12. The number of hydrogen-bond acceptors (Lipinski definition) is 6. The molecule has 0 bridgehead atoms. The van der Waals surface area contributed by atoms with Crippen molar-refractivity contribution in [2.24, 2.45) is 0 Å². The van der Waals surface area contributed by atoms with Crippen molar-refractivity contribution in [3.63, 3.8) is 0 Å². The van der Waals surface area contributed by atoms with Crippen LogP contribution in [0.1, 0.15) is 245 Å². The van der Waals surface area contributed by atoms with Crippen LogP contribution in [0.5, 0.6) is 0 Å². The minimum atomic E-state index is -0.792. The van der Waals surface area contributed by atoms with Crippen molar-refractivity contribution in [1.82, 2.24) is 0 Å². The Bertz CT molecular complexity index is 1250. The first kappa shape index (κ1) is 60.6. The van der Waals surface area contributed by atoms with Gasteiger partial charge >= 0.3 is 17.9 Å². The molecule has 0 radical (unpaired) electrons. The van der Waals surface area contributed by atoms with Gasteiger partial charge in [0.05, 0.1) is 0 Å². The molecular weight excluding hydrogens is 793 g/mol. The number of carbonyl (C=O) groups is 3. The van der Waals surface area contributed by atoms with E-state index in [4.69, 9.17) is 14.2 Å². The quantitative estimate of drug-likeness (QED) is 0.0199. The molecule has 0 aliphatic rings. The maximum Gasteiger partial charge on any atom is 0.306 e. The lowest BCUT2D eigenvalue weighted by Gasteiger charge is -2.18. The van der Waals surface area contributed by atoms with E-state index in [9.17, 15) is 14.4 Å². The van der Waals surface area contributed by atoms with E-state index in [1.165, 1.54) is 89.9 Å². The van der Waals surface area contributed by atoms with E-state index in [-0.39, 0.29) is 31.1 Å². The first-order valence-electron chi connectivity index (χ1n) is 26.6. The topological polar surface area (TPSA) is 78.9 Å². The van der Waals surface area contributed by atoms with E-state index in [2.05, 4.69) is 106 Å². The van der Waals surface area contributed by atoms with Gasteiger partial charge in [0.25, 0.3) is 0 Å². The standard InChI is InChI=1S/C58H98O6/c1-4-7-10-13-16-19-22-25-27-28-29-30-32-33-36-39-42-45-48-51-57(60)63-54-55(53-62-56(59)50-47-44-41-38-35-24-21-18-15-12-9-6-3)64-58(61)52-49-46-43-40-37-34-31-26-23-20-17-14-11-8-5-2/h7,10,16-21,23,25-27,29-30,55H,4-6,8-9,11-15,22,24,28,31-54H2,1-3H3/b10-7-,19-16-,20-17-,21-18-,26-23-,27-25-,30-29-. The molecule has 0 saturated heterocycles. The molecule has 366 valence electrons. The van der Waals surface area contributed by atoms with Crippen LogP contribution >= 0.6 is 0 Å². The fourth-order valence-electron chi connectivity index (χ4n) is 7.12. The lowest BCUT2D eigenvalue weighted by atomic mass is 10.1. The van der Waals surface area contributed by atoms with E-state index in [0.29, 0.717) is 19.3 Å². The maximum absolute atomic E-state index is 12.8. The average Bonchev–Trinajstić information content (AvgIpc) is 3.29. The number of rotatable bonds is 47. The zero-order valence-electron chi connectivity index (χ0n) is 41.8. The molecule has 0 saturated carbocycles. The Balaban J connectivity index is 4.42. The monoisotopic (exact) mass is 891 g/mol. The Kier molecular flexibility index (Phi) is 49.4. The van der Waals surface area contributed by atoms with Gasteiger partial charge in [-0.05, 0) is 109 Å². The fraction of sp³-hybridized carbons (Fsp3) is 0.707. The first-order valence-corrected chi connectivity index (χ1v) is 26.6. The number of unbranched alkanes of at least 4 members (excludes halogenated alkanes) is 23. The molecule has 64 heavy (non-hydrogen) atoms. The molecule has 6 heteroatoms. The van der Waals surface area contributed by atoms with Gasteiger partial charge in [-0.2, -0.15) is 0 Å². The molecule has 0 N–H and O–H groups in total. The van der Waals surface area contributed by atoms with Gasteiger partial charge in [-0.25, -0.2) is 0 Å². The van der Waals surface area contributed by atoms with Crippen molar-refractivity contribution >= 4 is 17.9 Å². The van der Waals surface area contributed by atoms with E-state index in [1.54, 1.807) is 0 Å². The van der Waals surface area contributed by atoms with Crippen LogP contribution in [0, 0.1) is 0 Å². The van der Waals surface area contributed by atoms with Gasteiger partial charge in [-0.3, -0.25) is 14.4 Å². The van der Waals surface area contributed by atoms with Crippen LogP contribution in [0.25, 0.3) is 0 Å². The smallest absolute Gasteiger partial charge is 0.306 e. The lowest BCUT2D eigenvalue weighted by Crippen LogP contribution is -2.30. The van der Waals surface area contributed by atoms with Crippen LogP contribution in [0.15, 0.2) is 85.1 Å². The van der Waals surface area contributed by atoms with E-state index < -0.39 is 6.10 Å². The summed E-state index contributed by atoms with van der Waals surface area (Å²) in [6, 6.07) is 0. The van der Waals surface area contributed by atoms with Crippen LogP contribution in [-0.4, -0.2) is 37.2 Å². The maximum atomic E-state index is 12.8. The Morgan fingerprint density at radius 2 is 0.656 bits per heavy atom. The van der Waals surface area contributed by atoms with Gasteiger partial charge in [0.1, 0.15) is 13.2 Å². The van der Waals surface area contributed by atoms with Crippen molar-refractivity contribution < 1.29 is 28.6 Å². The largest absolute Gasteiger partial charge is 0.462 e. The highest BCUT2D eigenvalue weighted by Crippen LogP contribution is 2.14. The summed E-state index contributed by atoms with van der Waals surface area (Å²) in [6.07, 6.45) is 67.0. The molecule has 0 aromatic carbocycles. The summed E-state index contributed by atoms with van der Waals surface area (Å²) < 4.78 is 16.8. The second kappa shape index (κ2) is 52.2. The van der Waals surface area contributed by atoms with Crippen LogP contribution in [0.4, 0.5) is 0 Å². The van der Waals surface area contributed by atoms with Crippen LogP contribution in [-0.2, 0) is 28.6 Å². The van der Waals surface area contributed by atoms with Crippen LogP contribution in [0.3, 0.4) is 0 Å². The number of allylic oxidation sites excluding steroid dienone is 14. The minimum absolute atomic E-state index is 0.0908. The first-order chi connectivity index (χ1) is 31.5. The summed E-state index contributed by atoms with van der Waals surface area (Å²) >= 11 is 0. The van der Waals surface area contributed by atoms with Crippen LogP contribution in [0.2, 0.25) is 0 Å². The third kappa shape index (κ3) is 49.6. The molecule has 1 unspecified atom stereocenters. The second-order valence-corrected chi connectivity index (χ2v) is 17.4. The summed E-state index contributed by atoms with van der Waals surface area (Å²) in [6.45, 7) is 6.44. The highest BCUT2D eigenvalue weighted by atomic mass is 16.6. The second-order valence-electron chi connectivity index (χ2n) is 17.4. The molecule has 0 aliphatic heterocycles. The normalized spacial score (nSPS) is 12.7. The van der Waals surface area contributed by atoms with E-state index in [0.717, 1.165) is 116 Å². The molecule has 6 nitrogen and oxygen atoms in total. The van der Waals surface area contributed by atoms with Gasteiger partial charge in [0, 0.05) is 19.3 Å². The predicted octanol–water partition coefficient (Wildman–Crippen LogP) is 17.6. The van der Waals surface area contributed by atoms with Gasteiger partial charge in [0.15, 0.2) is 6.10 Å². The summed E-state index contributed by atoms with van der Waals surface area (Å²) in [5.74, 6) is -0.925.